The number of thiophene rings is 1. The third-order valence-corrected chi connectivity index (χ3v) is 6.78. The highest BCUT2D eigenvalue weighted by molar-refractivity contribution is 7.85. The van der Waals surface area contributed by atoms with Gasteiger partial charge in [0.15, 0.2) is 12.4 Å². The van der Waals surface area contributed by atoms with E-state index in [0.29, 0.717) is 22.8 Å². The number of ether oxygens (including phenoxy) is 1. The van der Waals surface area contributed by atoms with Crippen molar-refractivity contribution in [1.82, 2.24) is 5.43 Å². The number of hydrogen-bond acceptors (Lipinski definition) is 9. The number of nitrogens with zero attached hydrogens (tertiary/aromatic N) is 3. The first-order chi connectivity index (χ1) is 15.6. The number of rotatable bonds is 7. The molecule has 1 aliphatic rings. The molecule has 0 fully saturated rings. The standard InChI is InChI=1S/C21H20N4O6S2/c1-13-10-19(32-14(13)2)25-23-21(15-4-3-5-17(11-15)31-12-20(26)27)22-24(25)16-6-8-18(9-7-16)33(28,29)30/h3-11H,12H2,1-2H3,(H,22,23)(H,26,27)(H,28,29,30). The Hall–Kier alpha value is -3.61. The van der Waals surface area contributed by atoms with E-state index >= 15 is 0 Å². The molecule has 0 aliphatic carbocycles. The molecule has 12 heteroatoms. The van der Waals surface area contributed by atoms with Crippen LogP contribution in [-0.4, -0.2) is 36.5 Å². The minimum absolute atomic E-state index is 0.218. The van der Waals surface area contributed by atoms with Crippen LogP contribution in [0.1, 0.15) is 16.0 Å². The van der Waals surface area contributed by atoms with Gasteiger partial charge in [-0.15, -0.1) is 21.6 Å². The van der Waals surface area contributed by atoms with E-state index < -0.39 is 22.7 Å². The number of anilines is 2. The summed E-state index contributed by atoms with van der Waals surface area (Å²) in [7, 11) is -4.32. The maximum absolute atomic E-state index is 11.4. The molecule has 172 valence electrons. The minimum Gasteiger partial charge on any atom is -0.482 e. The van der Waals surface area contributed by atoms with E-state index in [1.165, 1.54) is 12.1 Å². The molecule has 0 radical (unpaired) electrons. The lowest BCUT2D eigenvalue weighted by atomic mass is 10.2. The van der Waals surface area contributed by atoms with E-state index in [-0.39, 0.29) is 4.90 Å². The zero-order valence-electron chi connectivity index (χ0n) is 17.6. The largest absolute Gasteiger partial charge is 0.482 e. The molecule has 0 amide bonds. The van der Waals surface area contributed by atoms with Crippen molar-refractivity contribution in [2.75, 3.05) is 16.8 Å². The summed E-state index contributed by atoms with van der Waals surface area (Å²) in [4.78, 5) is 11.7. The van der Waals surface area contributed by atoms with E-state index in [9.17, 15) is 17.8 Å². The molecule has 0 atom stereocenters. The van der Waals surface area contributed by atoms with Crippen LogP contribution in [0.4, 0.5) is 10.7 Å². The highest BCUT2D eigenvalue weighted by atomic mass is 32.2. The second kappa shape index (κ2) is 8.73. The number of nitrogens with one attached hydrogen (secondary N) is 1. The van der Waals surface area contributed by atoms with Crippen LogP contribution in [0.3, 0.4) is 0 Å². The number of hydrazine groups is 2. The number of benzene rings is 2. The van der Waals surface area contributed by atoms with Gasteiger partial charge >= 0.3 is 5.97 Å². The average molecular weight is 489 g/mol. The van der Waals surface area contributed by atoms with Crippen molar-refractivity contribution in [2.24, 2.45) is 5.10 Å². The monoisotopic (exact) mass is 488 g/mol. The van der Waals surface area contributed by atoms with Crippen molar-refractivity contribution >= 4 is 43.9 Å². The number of hydrazone groups is 1. The summed E-state index contributed by atoms with van der Waals surface area (Å²) >= 11 is 1.54. The van der Waals surface area contributed by atoms with Crippen LogP contribution < -0.4 is 20.4 Å². The number of carboxylic acids is 1. The Morgan fingerprint density at radius 2 is 1.88 bits per heavy atom. The molecular formula is C21H20N4O6S2. The van der Waals surface area contributed by atoms with E-state index in [1.54, 1.807) is 58.0 Å². The Morgan fingerprint density at radius 1 is 1.15 bits per heavy atom. The Morgan fingerprint density at radius 3 is 2.48 bits per heavy atom. The van der Waals surface area contributed by atoms with Crippen molar-refractivity contribution in [1.29, 1.82) is 0 Å². The summed E-state index contributed by atoms with van der Waals surface area (Å²) in [5, 5.41) is 17.6. The number of carbonyl (C=O) groups is 1. The number of aliphatic carboxylic acids is 1. The van der Waals surface area contributed by atoms with Gasteiger partial charge in [0, 0.05) is 10.4 Å². The van der Waals surface area contributed by atoms with Crippen molar-refractivity contribution in [3.8, 4) is 5.75 Å². The van der Waals surface area contributed by atoms with E-state index in [1.807, 2.05) is 19.9 Å². The van der Waals surface area contributed by atoms with Crippen molar-refractivity contribution < 1.29 is 27.6 Å². The van der Waals surface area contributed by atoms with Crippen molar-refractivity contribution in [2.45, 2.75) is 18.7 Å². The first kappa shape index (κ1) is 22.6. The van der Waals surface area contributed by atoms with Crippen molar-refractivity contribution in [3.63, 3.8) is 0 Å². The van der Waals surface area contributed by atoms with Gasteiger partial charge < -0.3 is 9.84 Å². The second-order valence-corrected chi connectivity index (χ2v) is 9.82. The summed E-state index contributed by atoms with van der Waals surface area (Å²) in [5.41, 5.74) is 5.51. The molecule has 10 nitrogen and oxygen atoms in total. The fourth-order valence-corrected chi connectivity index (χ4v) is 4.50. The van der Waals surface area contributed by atoms with Crippen molar-refractivity contribution in [3.05, 3.63) is 70.6 Å². The highest BCUT2D eigenvalue weighted by Crippen LogP contribution is 2.34. The summed E-state index contributed by atoms with van der Waals surface area (Å²) in [6.45, 7) is 3.54. The molecule has 2 aromatic carbocycles. The summed E-state index contributed by atoms with van der Waals surface area (Å²) in [5.74, 6) is -0.228. The molecule has 0 saturated carbocycles. The molecule has 0 unspecified atom stereocenters. The third-order valence-electron chi connectivity index (χ3n) is 4.79. The number of carboxylic acid groups (broad SMARTS) is 1. The van der Waals surface area contributed by atoms with Gasteiger partial charge in [0.1, 0.15) is 10.8 Å². The molecular weight excluding hydrogens is 468 g/mol. The SMILES string of the molecule is Cc1cc(N2N=C(c3cccc(OCC(=O)O)c3)NN2c2ccc(S(=O)(=O)O)cc2)sc1C. The van der Waals surface area contributed by atoms with Gasteiger partial charge in [-0.1, -0.05) is 12.1 Å². The molecule has 0 spiro atoms. The molecule has 0 saturated heterocycles. The highest BCUT2D eigenvalue weighted by Gasteiger charge is 2.28. The molecule has 3 aromatic rings. The van der Waals surface area contributed by atoms with E-state index in [4.69, 9.17) is 9.84 Å². The Balaban J connectivity index is 1.70. The molecule has 33 heavy (non-hydrogen) atoms. The summed E-state index contributed by atoms with van der Waals surface area (Å²) < 4.78 is 37.3. The van der Waals surface area contributed by atoms with Gasteiger partial charge in [0.25, 0.3) is 10.1 Å². The molecule has 0 bridgehead atoms. The third kappa shape index (κ3) is 4.92. The quantitative estimate of drug-likeness (QED) is 0.429. The van der Waals surface area contributed by atoms with Crippen LogP contribution >= 0.6 is 11.3 Å². The van der Waals surface area contributed by atoms with Gasteiger partial charge in [-0.25, -0.2) is 4.79 Å². The minimum atomic E-state index is -4.32. The Bertz CT molecular complexity index is 1320. The van der Waals surface area contributed by atoms with Gasteiger partial charge in [-0.2, -0.15) is 13.5 Å². The van der Waals surface area contributed by atoms with Crippen LogP contribution in [0.25, 0.3) is 0 Å². The number of aryl methyl sites for hydroxylation is 2. The smallest absolute Gasteiger partial charge is 0.341 e. The maximum Gasteiger partial charge on any atom is 0.341 e. The lowest BCUT2D eigenvalue weighted by Gasteiger charge is -2.26. The van der Waals surface area contributed by atoms with Gasteiger partial charge in [0.05, 0.1) is 10.6 Å². The lowest BCUT2D eigenvalue weighted by Crippen LogP contribution is -2.44. The van der Waals surface area contributed by atoms with E-state index in [0.717, 1.165) is 15.4 Å². The molecule has 4 rings (SSSR count). The fraction of sp³-hybridized carbons (Fsp3) is 0.143. The molecule has 3 N–H and O–H groups in total. The first-order valence-electron chi connectivity index (χ1n) is 9.67. The van der Waals surface area contributed by atoms with Gasteiger partial charge in [-0.05, 0) is 61.9 Å². The summed E-state index contributed by atoms with van der Waals surface area (Å²) in [6, 6.07) is 14.5. The topological polar surface area (TPSA) is 132 Å². The second-order valence-electron chi connectivity index (χ2n) is 7.16. The van der Waals surface area contributed by atoms with Gasteiger partial charge in [0.2, 0.25) is 0 Å². The predicted octanol–water partition coefficient (Wildman–Crippen LogP) is 3.18. The maximum atomic E-state index is 11.4. The summed E-state index contributed by atoms with van der Waals surface area (Å²) in [6.07, 6.45) is 0. The predicted molar refractivity (Wildman–Crippen MR) is 124 cm³/mol. The lowest BCUT2D eigenvalue weighted by molar-refractivity contribution is -0.139. The Labute approximate surface area is 194 Å². The van der Waals surface area contributed by atoms with E-state index in [2.05, 4.69) is 10.5 Å². The van der Waals surface area contributed by atoms with Crippen LogP contribution in [0.5, 0.6) is 5.75 Å². The normalized spacial score (nSPS) is 13.6. The molecule has 1 aliphatic heterocycles. The molecule has 2 heterocycles. The fourth-order valence-electron chi connectivity index (χ4n) is 3.04. The Kier molecular flexibility index (Phi) is 5.97. The first-order valence-corrected chi connectivity index (χ1v) is 11.9. The average Bonchev–Trinajstić information content (AvgIpc) is 3.36. The zero-order valence-corrected chi connectivity index (χ0v) is 19.2. The molecule has 1 aromatic heterocycles. The van der Waals surface area contributed by atoms with Crippen LogP contribution in [-0.2, 0) is 14.9 Å². The number of hydrogen-bond donors (Lipinski definition) is 3. The van der Waals surface area contributed by atoms with Crippen LogP contribution in [0.15, 0.2) is 64.6 Å². The van der Waals surface area contributed by atoms with Crippen LogP contribution in [0, 0.1) is 13.8 Å². The zero-order chi connectivity index (χ0) is 23.8. The van der Waals surface area contributed by atoms with Gasteiger partial charge in [-0.3, -0.25) is 9.98 Å². The van der Waals surface area contributed by atoms with Crippen LogP contribution in [0.2, 0.25) is 0 Å². The number of amidine groups is 1.